The van der Waals surface area contributed by atoms with Crippen LogP contribution in [0.4, 0.5) is 5.69 Å². The molecule has 0 spiro atoms. The first-order valence-electron chi connectivity index (χ1n) is 9.47. The van der Waals surface area contributed by atoms with Gasteiger partial charge in [-0.3, -0.25) is 9.59 Å². The Kier molecular flexibility index (Phi) is 6.12. The first-order valence-corrected chi connectivity index (χ1v) is 9.47. The Morgan fingerprint density at radius 2 is 1.81 bits per heavy atom. The van der Waals surface area contributed by atoms with Gasteiger partial charge in [0.15, 0.2) is 6.61 Å². The van der Waals surface area contributed by atoms with Gasteiger partial charge in [-0.15, -0.1) is 0 Å². The number of aryl methyl sites for hydroxylation is 1. The molecule has 5 heteroatoms. The van der Waals surface area contributed by atoms with Crippen molar-refractivity contribution in [3.63, 3.8) is 0 Å². The summed E-state index contributed by atoms with van der Waals surface area (Å²) in [5.74, 6) is 0.854. The average molecular weight is 366 g/mol. The Labute approximate surface area is 160 Å². The Balaban J connectivity index is 1.49. The fourth-order valence-corrected chi connectivity index (χ4v) is 2.89. The number of hydrogen-bond acceptors (Lipinski definition) is 3. The second kappa shape index (κ2) is 8.71. The number of para-hydroxylation sites is 1. The molecular formula is C22H26N2O3. The standard InChI is InChI=1S/C22H26N2O3/c1-3-16-6-4-5-7-20(16)27-14-21(25)23-15(2)17-10-12-19(13-11-17)24-22(26)18-8-9-18/h4-7,10-13,15,18H,3,8-9,14H2,1-2H3,(H,23,25)(H,24,26). The summed E-state index contributed by atoms with van der Waals surface area (Å²) in [6, 6.07) is 15.2. The van der Waals surface area contributed by atoms with E-state index in [9.17, 15) is 9.59 Å². The fraction of sp³-hybridized carbons (Fsp3) is 0.364. The summed E-state index contributed by atoms with van der Waals surface area (Å²) in [5.41, 5.74) is 2.84. The van der Waals surface area contributed by atoms with Gasteiger partial charge in [0.2, 0.25) is 5.91 Å². The summed E-state index contributed by atoms with van der Waals surface area (Å²) in [4.78, 5) is 24.0. The van der Waals surface area contributed by atoms with Crippen molar-refractivity contribution in [2.75, 3.05) is 11.9 Å². The van der Waals surface area contributed by atoms with Crippen LogP contribution in [0.15, 0.2) is 48.5 Å². The van der Waals surface area contributed by atoms with Crippen molar-refractivity contribution in [3.8, 4) is 5.75 Å². The van der Waals surface area contributed by atoms with E-state index >= 15 is 0 Å². The first kappa shape index (κ1) is 19.0. The Morgan fingerprint density at radius 3 is 2.48 bits per heavy atom. The number of nitrogens with one attached hydrogen (secondary N) is 2. The van der Waals surface area contributed by atoms with Crippen LogP contribution >= 0.6 is 0 Å². The van der Waals surface area contributed by atoms with Crippen molar-refractivity contribution in [1.82, 2.24) is 5.32 Å². The van der Waals surface area contributed by atoms with Gasteiger partial charge in [0, 0.05) is 11.6 Å². The summed E-state index contributed by atoms with van der Waals surface area (Å²) >= 11 is 0. The highest BCUT2D eigenvalue weighted by atomic mass is 16.5. The number of ether oxygens (including phenoxy) is 1. The van der Waals surface area contributed by atoms with Gasteiger partial charge in [-0.25, -0.2) is 0 Å². The van der Waals surface area contributed by atoms with Gasteiger partial charge in [0.05, 0.1) is 6.04 Å². The first-order chi connectivity index (χ1) is 13.1. The monoisotopic (exact) mass is 366 g/mol. The van der Waals surface area contributed by atoms with Gasteiger partial charge in [-0.05, 0) is 55.5 Å². The van der Waals surface area contributed by atoms with Gasteiger partial charge >= 0.3 is 0 Å². The maximum Gasteiger partial charge on any atom is 0.258 e. The molecule has 1 fully saturated rings. The maximum absolute atomic E-state index is 12.2. The van der Waals surface area contributed by atoms with E-state index in [4.69, 9.17) is 4.74 Å². The van der Waals surface area contributed by atoms with Gasteiger partial charge in [0.1, 0.15) is 5.75 Å². The van der Waals surface area contributed by atoms with Crippen molar-refractivity contribution in [2.45, 2.75) is 39.2 Å². The quantitative estimate of drug-likeness (QED) is 0.746. The molecule has 1 aliphatic rings. The summed E-state index contributed by atoms with van der Waals surface area (Å²) in [7, 11) is 0. The van der Waals surface area contributed by atoms with E-state index in [0.717, 1.165) is 41.8 Å². The molecule has 2 amide bonds. The van der Waals surface area contributed by atoms with Crippen molar-refractivity contribution < 1.29 is 14.3 Å². The lowest BCUT2D eigenvalue weighted by molar-refractivity contribution is -0.123. The predicted octanol–water partition coefficient (Wildman–Crippen LogP) is 3.85. The van der Waals surface area contributed by atoms with E-state index in [-0.39, 0.29) is 30.4 Å². The molecule has 0 aliphatic heterocycles. The van der Waals surface area contributed by atoms with Crippen LogP contribution in [-0.4, -0.2) is 18.4 Å². The number of carbonyl (C=O) groups excluding carboxylic acids is 2. The lowest BCUT2D eigenvalue weighted by Crippen LogP contribution is -2.31. The van der Waals surface area contributed by atoms with E-state index in [1.807, 2.05) is 55.5 Å². The minimum absolute atomic E-state index is 0.0170. The summed E-state index contributed by atoms with van der Waals surface area (Å²) < 4.78 is 5.66. The van der Waals surface area contributed by atoms with Crippen molar-refractivity contribution in [3.05, 3.63) is 59.7 Å². The van der Waals surface area contributed by atoms with E-state index in [1.54, 1.807) is 0 Å². The van der Waals surface area contributed by atoms with Crippen LogP contribution in [0.2, 0.25) is 0 Å². The predicted molar refractivity (Wildman–Crippen MR) is 106 cm³/mol. The molecule has 1 unspecified atom stereocenters. The molecule has 1 saturated carbocycles. The average Bonchev–Trinajstić information content (AvgIpc) is 3.52. The third-order valence-electron chi connectivity index (χ3n) is 4.72. The minimum Gasteiger partial charge on any atom is -0.483 e. The highest BCUT2D eigenvalue weighted by Gasteiger charge is 2.29. The summed E-state index contributed by atoms with van der Waals surface area (Å²) in [6.07, 6.45) is 2.83. The second-order valence-electron chi connectivity index (χ2n) is 6.92. The lowest BCUT2D eigenvalue weighted by Gasteiger charge is -2.16. The molecule has 3 rings (SSSR count). The van der Waals surface area contributed by atoms with E-state index in [0.29, 0.717) is 0 Å². The molecule has 1 atom stereocenters. The molecule has 2 N–H and O–H groups in total. The largest absolute Gasteiger partial charge is 0.483 e. The molecule has 142 valence electrons. The molecule has 0 bridgehead atoms. The van der Waals surface area contributed by atoms with E-state index in [1.165, 1.54) is 0 Å². The van der Waals surface area contributed by atoms with Crippen LogP contribution in [0.3, 0.4) is 0 Å². The Bertz CT molecular complexity index is 797. The Hall–Kier alpha value is -2.82. The normalized spacial score (nSPS) is 14.3. The molecule has 0 aromatic heterocycles. The van der Waals surface area contributed by atoms with Crippen LogP contribution in [-0.2, 0) is 16.0 Å². The number of benzene rings is 2. The molecule has 1 aliphatic carbocycles. The smallest absolute Gasteiger partial charge is 0.258 e. The Morgan fingerprint density at radius 1 is 1.11 bits per heavy atom. The number of hydrogen-bond donors (Lipinski definition) is 2. The molecule has 2 aromatic carbocycles. The number of amides is 2. The zero-order valence-electron chi connectivity index (χ0n) is 15.8. The third kappa shape index (κ3) is 5.33. The minimum atomic E-state index is -0.167. The van der Waals surface area contributed by atoms with Crippen LogP contribution in [0, 0.1) is 5.92 Å². The number of carbonyl (C=O) groups is 2. The molecule has 0 saturated heterocycles. The van der Waals surface area contributed by atoms with Crippen molar-refractivity contribution >= 4 is 17.5 Å². The van der Waals surface area contributed by atoms with Crippen molar-refractivity contribution in [2.24, 2.45) is 5.92 Å². The van der Waals surface area contributed by atoms with Gasteiger partial charge in [0.25, 0.3) is 5.91 Å². The van der Waals surface area contributed by atoms with Crippen LogP contribution in [0.1, 0.15) is 43.9 Å². The van der Waals surface area contributed by atoms with E-state index in [2.05, 4.69) is 17.6 Å². The zero-order chi connectivity index (χ0) is 19.2. The lowest BCUT2D eigenvalue weighted by atomic mass is 10.1. The molecule has 0 radical (unpaired) electrons. The maximum atomic E-state index is 12.2. The van der Waals surface area contributed by atoms with Gasteiger partial charge in [-0.2, -0.15) is 0 Å². The van der Waals surface area contributed by atoms with Gasteiger partial charge in [-0.1, -0.05) is 37.3 Å². The second-order valence-corrected chi connectivity index (χ2v) is 6.92. The molecule has 2 aromatic rings. The van der Waals surface area contributed by atoms with Crippen LogP contribution in [0.5, 0.6) is 5.75 Å². The van der Waals surface area contributed by atoms with Crippen LogP contribution in [0.25, 0.3) is 0 Å². The molecule has 0 heterocycles. The number of rotatable bonds is 8. The van der Waals surface area contributed by atoms with Crippen LogP contribution < -0.4 is 15.4 Å². The highest BCUT2D eigenvalue weighted by Crippen LogP contribution is 2.30. The molecular weight excluding hydrogens is 340 g/mol. The molecule has 27 heavy (non-hydrogen) atoms. The van der Waals surface area contributed by atoms with E-state index < -0.39 is 0 Å². The fourth-order valence-electron chi connectivity index (χ4n) is 2.89. The molecule has 5 nitrogen and oxygen atoms in total. The highest BCUT2D eigenvalue weighted by molar-refractivity contribution is 5.94. The van der Waals surface area contributed by atoms with Gasteiger partial charge < -0.3 is 15.4 Å². The zero-order valence-corrected chi connectivity index (χ0v) is 15.8. The van der Waals surface area contributed by atoms with Crippen molar-refractivity contribution in [1.29, 1.82) is 0 Å². The number of anilines is 1. The SMILES string of the molecule is CCc1ccccc1OCC(=O)NC(C)c1ccc(NC(=O)C2CC2)cc1. The summed E-state index contributed by atoms with van der Waals surface area (Å²) in [6.45, 7) is 3.97. The third-order valence-corrected chi connectivity index (χ3v) is 4.72. The summed E-state index contributed by atoms with van der Waals surface area (Å²) in [5, 5.41) is 5.85. The topological polar surface area (TPSA) is 67.4 Å².